The number of rotatable bonds is 2. The van der Waals surface area contributed by atoms with Crippen LogP contribution < -0.4 is 5.32 Å². The Balaban J connectivity index is 2.60. The summed E-state index contributed by atoms with van der Waals surface area (Å²) in [5.74, 6) is 0. The molecule has 2 rings (SSSR count). The topological polar surface area (TPSA) is 29.3 Å². The monoisotopic (exact) mass is 195 g/mol. The van der Waals surface area contributed by atoms with Gasteiger partial charge >= 0.3 is 0 Å². The normalized spacial score (nSPS) is 10.9. The van der Waals surface area contributed by atoms with Crippen LogP contribution in [-0.4, -0.2) is 16.7 Å². The standard InChI is InChI=1S/C9H10ClN3/c1-11-6-7-9(10)8-4-2-3-5-13(8)12-7/h2-5,11H,6H2,1H3. The summed E-state index contributed by atoms with van der Waals surface area (Å²) in [5.41, 5.74) is 1.84. The number of hydrogen-bond acceptors (Lipinski definition) is 2. The SMILES string of the molecule is CNCc1nn2ccccc2c1Cl. The number of aromatic nitrogens is 2. The van der Waals surface area contributed by atoms with E-state index in [0.29, 0.717) is 6.54 Å². The van der Waals surface area contributed by atoms with Gasteiger partial charge in [-0.3, -0.25) is 0 Å². The lowest BCUT2D eigenvalue weighted by Crippen LogP contribution is -2.05. The van der Waals surface area contributed by atoms with Gasteiger partial charge in [0.05, 0.1) is 16.2 Å². The lowest BCUT2D eigenvalue weighted by molar-refractivity contribution is 0.770. The van der Waals surface area contributed by atoms with Crippen LogP contribution in [0.15, 0.2) is 24.4 Å². The average Bonchev–Trinajstić information content (AvgIpc) is 2.46. The van der Waals surface area contributed by atoms with Crippen molar-refractivity contribution < 1.29 is 0 Å². The third-order valence-corrected chi connectivity index (χ3v) is 2.30. The van der Waals surface area contributed by atoms with Crippen molar-refractivity contribution in [2.24, 2.45) is 0 Å². The Morgan fingerprint density at radius 3 is 3.08 bits per heavy atom. The van der Waals surface area contributed by atoms with E-state index in [4.69, 9.17) is 11.6 Å². The van der Waals surface area contributed by atoms with E-state index < -0.39 is 0 Å². The summed E-state index contributed by atoms with van der Waals surface area (Å²) < 4.78 is 1.79. The first-order valence-corrected chi connectivity index (χ1v) is 4.47. The minimum absolute atomic E-state index is 0.695. The summed E-state index contributed by atoms with van der Waals surface area (Å²) in [7, 11) is 1.88. The van der Waals surface area contributed by atoms with Crippen molar-refractivity contribution in [3.05, 3.63) is 35.1 Å². The second kappa shape index (κ2) is 3.36. The summed E-state index contributed by atoms with van der Waals surface area (Å²) in [6.07, 6.45) is 1.89. The molecule has 2 aromatic heterocycles. The van der Waals surface area contributed by atoms with Gasteiger partial charge in [-0.25, -0.2) is 4.52 Å². The Labute approximate surface area is 81.3 Å². The second-order valence-electron chi connectivity index (χ2n) is 2.82. The zero-order valence-corrected chi connectivity index (χ0v) is 8.04. The van der Waals surface area contributed by atoms with E-state index in [0.717, 1.165) is 16.2 Å². The molecule has 2 aromatic rings. The lowest BCUT2D eigenvalue weighted by atomic mass is 10.3. The van der Waals surface area contributed by atoms with Gasteiger partial charge < -0.3 is 5.32 Å². The minimum Gasteiger partial charge on any atom is -0.314 e. The highest BCUT2D eigenvalue weighted by Crippen LogP contribution is 2.20. The fraction of sp³-hybridized carbons (Fsp3) is 0.222. The van der Waals surface area contributed by atoms with Crippen molar-refractivity contribution in [2.45, 2.75) is 6.54 Å². The van der Waals surface area contributed by atoms with Crippen molar-refractivity contribution in [3.8, 4) is 0 Å². The molecule has 0 saturated carbocycles. The maximum Gasteiger partial charge on any atom is 0.0959 e. The highest BCUT2D eigenvalue weighted by atomic mass is 35.5. The van der Waals surface area contributed by atoms with Crippen LogP contribution >= 0.6 is 11.6 Å². The fourth-order valence-electron chi connectivity index (χ4n) is 1.30. The van der Waals surface area contributed by atoms with E-state index in [2.05, 4.69) is 10.4 Å². The van der Waals surface area contributed by atoms with Crippen molar-refractivity contribution >= 4 is 17.1 Å². The molecule has 0 radical (unpaired) electrons. The van der Waals surface area contributed by atoms with E-state index in [1.165, 1.54) is 0 Å². The highest BCUT2D eigenvalue weighted by Gasteiger charge is 2.07. The number of pyridine rings is 1. The van der Waals surface area contributed by atoms with Crippen LogP contribution in [0.1, 0.15) is 5.69 Å². The van der Waals surface area contributed by atoms with Crippen LogP contribution in [0, 0.1) is 0 Å². The summed E-state index contributed by atoms with van der Waals surface area (Å²) in [4.78, 5) is 0. The molecule has 68 valence electrons. The molecule has 1 N–H and O–H groups in total. The summed E-state index contributed by atoms with van der Waals surface area (Å²) in [5, 5.41) is 8.08. The molecule has 0 amide bonds. The molecule has 0 aliphatic carbocycles. The number of halogens is 1. The first kappa shape index (κ1) is 8.53. The van der Waals surface area contributed by atoms with E-state index in [1.54, 1.807) is 4.52 Å². The van der Waals surface area contributed by atoms with Gasteiger partial charge in [-0.15, -0.1) is 0 Å². The molecule has 0 spiro atoms. The van der Waals surface area contributed by atoms with E-state index >= 15 is 0 Å². The van der Waals surface area contributed by atoms with Gasteiger partial charge in [0.15, 0.2) is 0 Å². The van der Waals surface area contributed by atoms with Gasteiger partial charge in [0.1, 0.15) is 0 Å². The van der Waals surface area contributed by atoms with Gasteiger partial charge in [-0.2, -0.15) is 5.10 Å². The van der Waals surface area contributed by atoms with Crippen LogP contribution in [0.3, 0.4) is 0 Å². The fourth-order valence-corrected chi connectivity index (χ4v) is 1.55. The van der Waals surface area contributed by atoms with Gasteiger partial charge in [0.2, 0.25) is 0 Å². The van der Waals surface area contributed by atoms with Crippen molar-refractivity contribution in [2.75, 3.05) is 7.05 Å². The number of nitrogens with one attached hydrogen (secondary N) is 1. The third kappa shape index (κ3) is 1.41. The summed E-state index contributed by atoms with van der Waals surface area (Å²) in [6.45, 7) is 0.695. The molecule has 3 nitrogen and oxygen atoms in total. The van der Waals surface area contributed by atoms with E-state index in [9.17, 15) is 0 Å². The molecule has 0 fully saturated rings. The van der Waals surface area contributed by atoms with Gasteiger partial charge in [-0.1, -0.05) is 17.7 Å². The van der Waals surface area contributed by atoms with Crippen LogP contribution in [-0.2, 0) is 6.54 Å². The first-order valence-electron chi connectivity index (χ1n) is 4.09. The van der Waals surface area contributed by atoms with E-state index in [-0.39, 0.29) is 0 Å². The third-order valence-electron chi connectivity index (χ3n) is 1.89. The van der Waals surface area contributed by atoms with Crippen LogP contribution in [0.5, 0.6) is 0 Å². The first-order chi connectivity index (χ1) is 6.33. The zero-order chi connectivity index (χ0) is 9.26. The predicted octanol–water partition coefficient (Wildman–Crippen LogP) is 1.71. The maximum absolute atomic E-state index is 6.11. The second-order valence-corrected chi connectivity index (χ2v) is 3.20. The molecule has 0 atom stereocenters. The molecule has 0 unspecified atom stereocenters. The number of nitrogens with zero attached hydrogens (tertiary/aromatic N) is 2. The zero-order valence-electron chi connectivity index (χ0n) is 7.29. The number of hydrogen-bond donors (Lipinski definition) is 1. The molecule has 13 heavy (non-hydrogen) atoms. The Kier molecular flexibility index (Phi) is 2.20. The van der Waals surface area contributed by atoms with Crippen LogP contribution in [0.2, 0.25) is 5.02 Å². The Bertz CT molecular complexity index is 422. The van der Waals surface area contributed by atoms with Crippen LogP contribution in [0.4, 0.5) is 0 Å². The lowest BCUT2D eigenvalue weighted by Gasteiger charge is -1.91. The molecular formula is C9H10ClN3. The average molecular weight is 196 g/mol. The van der Waals surface area contributed by atoms with E-state index in [1.807, 2.05) is 31.4 Å². The number of fused-ring (bicyclic) bond motifs is 1. The van der Waals surface area contributed by atoms with Crippen molar-refractivity contribution in [1.82, 2.24) is 14.9 Å². The molecule has 0 aliphatic rings. The molecule has 0 bridgehead atoms. The summed E-state index contributed by atoms with van der Waals surface area (Å²) >= 11 is 6.11. The van der Waals surface area contributed by atoms with Gasteiger partial charge in [-0.05, 0) is 19.2 Å². The van der Waals surface area contributed by atoms with Gasteiger partial charge in [0, 0.05) is 12.7 Å². The van der Waals surface area contributed by atoms with Crippen LogP contribution in [0.25, 0.3) is 5.52 Å². The highest BCUT2D eigenvalue weighted by molar-refractivity contribution is 6.34. The van der Waals surface area contributed by atoms with Gasteiger partial charge in [0.25, 0.3) is 0 Å². The Morgan fingerprint density at radius 2 is 2.38 bits per heavy atom. The molecule has 4 heteroatoms. The molecule has 0 saturated heterocycles. The van der Waals surface area contributed by atoms with Crippen molar-refractivity contribution in [3.63, 3.8) is 0 Å². The largest absolute Gasteiger partial charge is 0.314 e. The molecular weight excluding hydrogens is 186 g/mol. The quantitative estimate of drug-likeness (QED) is 0.791. The molecule has 0 aromatic carbocycles. The minimum atomic E-state index is 0.695. The molecule has 2 heterocycles. The Hall–Kier alpha value is -1.06. The molecule has 0 aliphatic heterocycles. The van der Waals surface area contributed by atoms with Crippen molar-refractivity contribution in [1.29, 1.82) is 0 Å². The Morgan fingerprint density at radius 1 is 1.54 bits per heavy atom. The smallest absolute Gasteiger partial charge is 0.0959 e. The predicted molar refractivity (Wildman–Crippen MR) is 53.0 cm³/mol. The summed E-state index contributed by atoms with van der Waals surface area (Å²) in [6, 6.07) is 5.83. The maximum atomic E-state index is 6.11.